The maximum atomic E-state index is 3.47. The molecule has 1 saturated carbocycles. The van der Waals surface area contributed by atoms with Gasteiger partial charge >= 0.3 is 0 Å². The van der Waals surface area contributed by atoms with E-state index in [1.165, 1.54) is 37.9 Å². The summed E-state index contributed by atoms with van der Waals surface area (Å²) in [6.07, 6.45) is 4.32. The topological polar surface area (TPSA) is 15.3 Å². The Balaban J connectivity index is 0.000000902. The fourth-order valence-electron chi connectivity index (χ4n) is 3.08. The number of halogens is 2. The summed E-state index contributed by atoms with van der Waals surface area (Å²) in [6, 6.07) is 3.00. The van der Waals surface area contributed by atoms with Gasteiger partial charge in [0.2, 0.25) is 0 Å². The van der Waals surface area contributed by atoms with Crippen LogP contribution in [0.1, 0.15) is 35.7 Å². The van der Waals surface area contributed by atoms with E-state index in [-0.39, 0.29) is 24.8 Å². The van der Waals surface area contributed by atoms with Gasteiger partial charge in [0, 0.05) is 37.1 Å². The van der Waals surface area contributed by atoms with Gasteiger partial charge in [-0.3, -0.25) is 4.90 Å². The summed E-state index contributed by atoms with van der Waals surface area (Å²) >= 11 is 1.97. The van der Waals surface area contributed by atoms with Crippen LogP contribution in [0.5, 0.6) is 0 Å². The summed E-state index contributed by atoms with van der Waals surface area (Å²) in [7, 11) is 0. The van der Waals surface area contributed by atoms with Crippen molar-refractivity contribution in [3.05, 3.63) is 21.9 Å². The molecule has 2 fully saturated rings. The number of nitrogens with one attached hydrogen (secondary N) is 1. The van der Waals surface area contributed by atoms with Gasteiger partial charge in [-0.1, -0.05) is 6.42 Å². The van der Waals surface area contributed by atoms with Gasteiger partial charge in [0.25, 0.3) is 0 Å². The monoisotopic (exact) mass is 322 g/mol. The number of hydrogen-bond acceptors (Lipinski definition) is 3. The molecule has 19 heavy (non-hydrogen) atoms. The molecule has 1 aliphatic heterocycles. The van der Waals surface area contributed by atoms with Crippen molar-refractivity contribution in [3.8, 4) is 0 Å². The highest BCUT2D eigenvalue weighted by atomic mass is 35.5. The van der Waals surface area contributed by atoms with Crippen molar-refractivity contribution in [2.45, 2.75) is 32.2 Å². The molecule has 0 bridgehead atoms. The molecule has 2 aliphatic rings. The van der Waals surface area contributed by atoms with Crippen molar-refractivity contribution in [3.63, 3.8) is 0 Å². The van der Waals surface area contributed by atoms with E-state index in [1.54, 1.807) is 4.88 Å². The Hall–Kier alpha value is 0.200. The number of hydrogen-bond donors (Lipinski definition) is 1. The largest absolute Gasteiger partial charge is 0.314 e. The molecule has 2 heterocycles. The van der Waals surface area contributed by atoms with Crippen LogP contribution >= 0.6 is 36.2 Å². The van der Waals surface area contributed by atoms with E-state index in [0.717, 1.165) is 19.0 Å². The molecule has 0 aromatic carbocycles. The maximum Gasteiger partial charge on any atom is 0.0473 e. The smallest absolute Gasteiger partial charge is 0.0473 e. The summed E-state index contributed by atoms with van der Waals surface area (Å²) in [4.78, 5) is 4.36. The molecule has 1 N–H and O–H groups in total. The second kappa shape index (κ2) is 7.84. The molecular weight excluding hydrogens is 299 g/mol. The van der Waals surface area contributed by atoms with Crippen LogP contribution in [-0.2, 0) is 0 Å². The van der Waals surface area contributed by atoms with E-state index in [1.807, 2.05) is 11.3 Å². The molecule has 1 saturated heterocycles. The van der Waals surface area contributed by atoms with E-state index >= 15 is 0 Å². The zero-order chi connectivity index (χ0) is 11.7. The lowest BCUT2D eigenvalue weighted by Crippen LogP contribution is -2.47. The number of piperazine rings is 1. The van der Waals surface area contributed by atoms with Crippen LogP contribution in [-0.4, -0.2) is 31.1 Å². The number of thiophene rings is 1. The average Bonchev–Trinajstić information content (AvgIpc) is 2.71. The third-order valence-corrected chi connectivity index (χ3v) is 5.40. The first-order valence-corrected chi connectivity index (χ1v) is 7.73. The van der Waals surface area contributed by atoms with Crippen LogP contribution in [0.4, 0.5) is 0 Å². The molecule has 0 unspecified atom stereocenters. The number of aryl methyl sites for hydroxylation is 1. The fraction of sp³-hybridized carbons (Fsp3) is 0.714. The summed E-state index contributed by atoms with van der Waals surface area (Å²) in [5.41, 5.74) is 1.51. The van der Waals surface area contributed by atoms with Crippen LogP contribution < -0.4 is 5.32 Å². The third-order valence-electron chi connectivity index (χ3n) is 4.31. The predicted octanol–water partition coefficient (Wildman–Crippen LogP) is 3.65. The van der Waals surface area contributed by atoms with Crippen molar-refractivity contribution >= 4 is 36.2 Å². The van der Waals surface area contributed by atoms with Crippen molar-refractivity contribution in [2.75, 3.05) is 26.2 Å². The van der Waals surface area contributed by atoms with E-state index < -0.39 is 0 Å². The number of nitrogens with zero attached hydrogens (tertiary/aromatic N) is 1. The minimum Gasteiger partial charge on any atom is -0.314 e. The lowest BCUT2D eigenvalue weighted by molar-refractivity contribution is 0.0857. The molecule has 0 radical (unpaired) electrons. The van der Waals surface area contributed by atoms with Crippen LogP contribution in [0, 0.1) is 12.8 Å². The second-order valence-electron chi connectivity index (χ2n) is 5.39. The number of rotatable bonds is 3. The van der Waals surface area contributed by atoms with Crippen LogP contribution in [0.3, 0.4) is 0 Å². The third kappa shape index (κ3) is 3.64. The summed E-state index contributed by atoms with van der Waals surface area (Å²) < 4.78 is 0. The highest BCUT2D eigenvalue weighted by Crippen LogP contribution is 2.44. The summed E-state index contributed by atoms with van der Waals surface area (Å²) in [5.74, 6) is 0.922. The van der Waals surface area contributed by atoms with Gasteiger partial charge in [0.15, 0.2) is 0 Å². The van der Waals surface area contributed by atoms with Gasteiger partial charge in [-0.25, -0.2) is 0 Å². The SMILES string of the molecule is Cc1ccsc1[C@@H](C1CCC1)N1CCNCC1.Cl.Cl. The Labute approximate surface area is 132 Å². The Morgan fingerprint density at radius 3 is 2.42 bits per heavy atom. The Morgan fingerprint density at radius 1 is 1.26 bits per heavy atom. The maximum absolute atomic E-state index is 3.47. The van der Waals surface area contributed by atoms with Crippen molar-refractivity contribution in [1.82, 2.24) is 10.2 Å². The first-order valence-electron chi connectivity index (χ1n) is 6.85. The molecule has 0 amide bonds. The minimum absolute atomic E-state index is 0. The molecule has 5 heteroatoms. The lowest BCUT2D eigenvalue weighted by atomic mass is 9.78. The van der Waals surface area contributed by atoms with Gasteiger partial charge in [-0.15, -0.1) is 36.2 Å². The molecule has 110 valence electrons. The van der Waals surface area contributed by atoms with Gasteiger partial charge in [0.05, 0.1) is 0 Å². The minimum atomic E-state index is 0. The Kier molecular flexibility index (Phi) is 7.12. The zero-order valence-corrected chi connectivity index (χ0v) is 13.9. The lowest BCUT2D eigenvalue weighted by Gasteiger charge is -2.43. The van der Waals surface area contributed by atoms with Gasteiger partial charge in [0.1, 0.15) is 0 Å². The second-order valence-corrected chi connectivity index (χ2v) is 6.34. The zero-order valence-electron chi connectivity index (χ0n) is 11.4. The van der Waals surface area contributed by atoms with Gasteiger partial charge < -0.3 is 5.32 Å². The molecule has 1 aliphatic carbocycles. The normalized spacial score (nSPS) is 21.9. The molecule has 0 spiro atoms. The standard InChI is InChI=1S/C14H22N2S.2ClH/c1-11-5-10-17-14(11)13(12-3-2-4-12)16-8-6-15-7-9-16;;/h5,10,12-13,15H,2-4,6-9H2,1H3;2*1H/t13-;;/m1../s1. The summed E-state index contributed by atoms with van der Waals surface area (Å²) in [5, 5.41) is 5.73. The molecular formula is C14H24Cl2N2S. The molecule has 3 rings (SSSR count). The molecule has 1 aromatic rings. The van der Waals surface area contributed by atoms with E-state index in [2.05, 4.69) is 28.6 Å². The van der Waals surface area contributed by atoms with E-state index in [9.17, 15) is 0 Å². The highest BCUT2D eigenvalue weighted by Gasteiger charge is 2.34. The molecule has 1 atom stereocenters. The van der Waals surface area contributed by atoms with Crippen LogP contribution in [0.15, 0.2) is 11.4 Å². The van der Waals surface area contributed by atoms with Crippen molar-refractivity contribution in [1.29, 1.82) is 0 Å². The fourth-order valence-corrected chi connectivity index (χ4v) is 4.24. The Morgan fingerprint density at radius 2 is 1.95 bits per heavy atom. The van der Waals surface area contributed by atoms with Crippen LogP contribution in [0.25, 0.3) is 0 Å². The predicted molar refractivity (Wildman–Crippen MR) is 88.1 cm³/mol. The van der Waals surface area contributed by atoms with Crippen molar-refractivity contribution in [2.24, 2.45) is 5.92 Å². The first kappa shape index (κ1) is 17.3. The van der Waals surface area contributed by atoms with Gasteiger partial charge in [-0.05, 0) is 42.7 Å². The van der Waals surface area contributed by atoms with Crippen LogP contribution in [0.2, 0.25) is 0 Å². The molecule has 1 aromatic heterocycles. The average molecular weight is 323 g/mol. The molecule has 2 nitrogen and oxygen atoms in total. The van der Waals surface area contributed by atoms with Gasteiger partial charge in [-0.2, -0.15) is 0 Å². The summed E-state index contributed by atoms with van der Waals surface area (Å²) in [6.45, 7) is 7.04. The highest BCUT2D eigenvalue weighted by molar-refractivity contribution is 7.10. The van der Waals surface area contributed by atoms with E-state index in [0.29, 0.717) is 6.04 Å². The van der Waals surface area contributed by atoms with Crippen molar-refractivity contribution < 1.29 is 0 Å². The van der Waals surface area contributed by atoms with E-state index in [4.69, 9.17) is 0 Å². The quantitative estimate of drug-likeness (QED) is 0.913. The Bertz CT molecular complexity index is 373. The first-order chi connectivity index (χ1) is 8.36.